The molecule has 1 aliphatic heterocycles. The Morgan fingerprint density at radius 3 is 3.18 bits per heavy atom. The first-order chi connectivity index (χ1) is 5.38. The topological polar surface area (TPSA) is 21.6 Å². The molecule has 0 bridgehead atoms. The molecular weight excluding hydrogens is 226 g/mol. The predicted molar refractivity (Wildman–Crippen MR) is 48.7 cm³/mol. The largest absolute Gasteiger partial charge is 0.317 e. The van der Waals surface area contributed by atoms with Gasteiger partial charge in [0, 0.05) is 10.0 Å². The average molecular weight is 230 g/mol. The van der Waals surface area contributed by atoms with Crippen molar-refractivity contribution in [3.05, 3.63) is 28.2 Å². The first-order valence-electron chi connectivity index (χ1n) is 3.03. The van der Waals surface area contributed by atoms with Crippen LogP contribution >= 0.6 is 28.0 Å². The lowest BCUT2D eigenvalue weighted by atomic mass is 10.2. The van der Waals surface area contributed by atoms with Crippen LogP contribution in [0.15, 0.2) is 32.7 Å². The van der Waals surface area contributed by atoms with E-state index in [2.05, 4.69) is 21.1 Å². The minimum absolute atomic E-state index is 1.05. The fourth-order valence-corrected chi connectivity index (χ4v) is 2.00. The van der Waals surface area contributed by atoms with E-state index in [-0.39, 0.29) is 0 Å². The van der Waals surface area contributed by atoms with Crippen molar-refractivity contribution >= 4 is 34.2 Å². The van der Waals surface area contributed by atoms with Gasteiger partial charge in [0.1, 0.15) is 12.0 Å². The van der Waals surface area contributed by atoms with Gasteiger partial charge < -0.3 is 4.28 Å². The molecular formula is C7H4BrNOS. The van der Waals surface area contributed by atoms with Crippen LogP contribution in [0.2, 0.25) is 0 Å². The third-order valence-electron chi connectivity index (χ3n) is 1.36. The molecule has 0 spiro atoms. The second-order valence-electron chi connectivity index (χ2n) is 2.04. The molecule has 0 N–H and O–H groups in total. The van der Waals surface area contributed by atoms with Crippen molar-refractivity contribution in [1.29, 1.82) is 0 Å². The van der Waals surface area contributed by atoms with E-state index < -0.39 is 0 Å². The maximum absolute atomic E-state index is 4.82. The fraction of sp³-hybridized carbons (Fsp3) is 0. The molecule has 1 heterocycles. The number of halogens is 1. The molecule has 0 atom stereocenters. The molecule has 0 unspecified atom stereocenters. The third-order valence-corrected chi connectivity index (χ3v) is 2.75. The average Bonchev–Trinajstić information content (AvgIpc) is 2.06. The van der Waals surface area contributed by atoms with Crippen molar-refractivity contribution < 1.29 is 4.28 Å². The SMILES string of the molecule is Brc1cccc2c1C=NOS2. The second-order valence-corrected chi connectivity index (χ2v) is 3.65. The highest BCUT2D eigenvalue weighted by molar-refractivity contribution is 9.10. The number of hydrogen-bond acceptors (Lipinski definition) is 3. The van der Waals surface area contributed by atoms with E-state index in [4.69, 9.17) is 4.28 Å². The Balaban J connectivity index is 2.60. The zero-order chi connectivity index (χ0) is 7.68. The van der Waals surface area contributed by atoms with Crippen LogP contribution in [0.5, 0.6) is 0 Å². The molecule has 1 aliphatic rings. The maximum atomic E-state index is 4.82. The van der Waals surface area contributed by atoms with Crippen molar-refractivity contribution in [1.82, 2.24) is 0 Å². The summed E-state index contributed by atoms with van der Waals surface area (Å²) < 4.78 is 5.87. The summed E-state index contributed by atoms with van der Waals surface area (Å²) in [5.41, 5.74) is 1.09. The quantitative estimate of drug-likeness (QED) is 0.639. The minimum Gasteiger partial charge on any atom is -0.317 e. The zero-order valence-corrected chi connectivity index (χ0v) is 7.85. The lowest BCUT2D eigenvalue weighted by molar-refractivity contribution is 0.405. The number of hydrogen-bond donors (Lipinski definition) is 0. The van der Waals surface area contributed by atoms with E-state index in [0.717, 1.165) is 14.9 Å². The molecule has 2 nitrogen and oxygen atoms in total. The molecule has 0 aromatic heterocycles. The Morgan fingerprint density at radius 1 is 1.45 bits per heavy atom. The Labute approximate surface area is 77.0 Å². The lowest BCUT2D eigenvalue weighted by Gasteiger charge is -2.08. The molecule has 0 saturated heterocycles. The molecule has 0 radical (unpaired) electrons. The van der Waals surface area contributed by atoms with Gasteiger partial charge in [0.05, 0.1) is 11.1 Å². The number of fused-ring (bicyclic) bond motifs is 1. The van der Waals surface area contributed by atoms with Gasteiger partial charge in [0.25, 0.3) is 0 Å². The monoisotopic (exact) mass is 229 g/mol. The first kappa shape index (κ1) is 7.18. The van der Waals surface area contributed by atoms with Crippen LogP contribution in [0.25, 0.3) is 0 Å². The van der Waals surface area contributed by atoms with Crippen LogP contribution in [-0.4, -0.2) is 6.21 Å². The third kappa shape index (κ3) is 1.28. The molecule has 1 aromatic rings. The summed E-state index contributed by atoms with van der Waals surface area (Å²) in [6, 6.07) is 5.95. The molecule has 0 saturated carbocycles. The van der Waals surface area contributed by atoms with E-state index in [9.17, 15) is 0 Å². The first-order valence-corrected chi connectivity index (χ1v) is 4.57. The standard InChI is InChI=1S/C7H4BrNOS/c8-6-2-1-3-7-5(6)4-9-10-11-7/h1-4H. The van der Waals surface area contributed by atoms with Gasteiger partial charge in [-0.2, -0.15) is 0 Å². The van der Waals surface area contributed by atoms with Crippen molar-refractivity contribution in [2.45, 2.75) is 4.90 Å². The van der Waals surface area contributed by atoms with Crippen molar-refractivity contribution in [2.24, 2.45) is 5.16 Å². The molecule has 56 valence electrons. The normalized spacial score (nSPS) is 13.9. The van der Waals surface area contributed by atoms with E-state index in [1.165, 1.54) is 12.0 Å². The summed E-state index contributed by atoms with van der Waals surface area (Å²) in [5.74, 6) is 0. The van der Waals surface area contributed by atoms with Gasteiger partial charge in [-0.1, -0.05) is 27.2 Å². The van der Waals surface area contributed by atoms with Crippen LogP contribution < -0.4 is 0 Å². The summed E-state index contributed by atoms with van der Waals surface area (Å²) in [6.45, 7) is 0. The summed E-state index contributed by atoms with van der Waals surface area (Å²) in [4.78, 5) is 1.09. The van der Waals surface area contributed by atoms with Gasteiger partial charge in [-0.05, 0) is 12.1 Å². The molecule has 11 heavy (non-hydrogen) atoms. The Morgan fingerprint density at radius 2 is 2.36 bits per heavy atom. The Hall–Kier alpha value is -0.480. The molecule has 2 rings (SSSR count). The molecule has 1 aromatic carbocycles. The summed E-state index contributed by atoms with van der Waals surface area (Å²) in [6.07, 6.45) is 1.70. The lowest BCUT2D eigenvalue weighted by Crippen LogP contribution is -1.92. The summed E-state index contributed by atoms with van der Waals surface area (Å²) in [7, 11) is 0. The van der Waals surface area contributed by atoms with Gasteiger partial charge >= 0.3 is 0 Å². The molecule has 4 heteroatoms. The van der Waals surface area contributed by atoms with Gasteiger partial charge in [-0.25, -0.2) is 0 Å². The van der Waals surface area contributed by atoms with Gasteiger partial charge in [-0.15, -0.1) is 0 Å². The van der Waals surface area contributed by atoms with E-state index in [1.807, 2.05) is 18.2 Å². The van der Waals surface area contributed by atoms with Gasteiger partial charge in [-0.3, -0.25) is 0 Å². The number of rotatable bonds is 0. The maximum Gasteiger partial charge on any atom is 0.125 e. The summed E-state index contributed by atoms with van der Waals surface area (Å²) >= 11 is 4.70. The molecule has 0 amide bonds. The van der Waals surface area contributed by atoms with Crippen molar-refractivity contribution in [3.63, 3.8) is 0 Å². The highest BCUT2D eigenvalue weighted by Gasteiger charge is 2.09. The van der Waals surface area contributed by atoms with E-state index >= 15 is 0 Å². The smallest absolute Gasteiger partial charge is 0.125 e. The second kappa shape index (κ2) is 2.87. The van der Waals surface area contributed by atoms with Crippen LogP contribution in [0, 0.1) is 0 Å². The van der Waals surface area contributed by atoms with E-state index in [1.54, 1.807) is 6.21 Å². The highest BCUT2D eigenvalue weighted by Crippen LogP contribution is 2.30. The van der Waals surface area contributed by atoms with Crippen LogP contribution in [0.4, 0.5) is 0 Å². The number of oxime groups is 1. The van der Waals surface area contributed by atoms with Crippen molar-refractivity contribution in [2.75, 3.05) is 0 Å². The molecule has 0 fully saturated rings. The zero-order valence-electron chi connectivity index (χ0n) is 5.45. The van der Waals surface area contributed by atoms with Gasteiger partial charge in [0.15, 0.2) is 0 Å². The number of benzene rings is 1. The van der Waals surface area contributed by atoms with Crippen molar-refractivity contribution in [3.8, 4) is 0 Å². The number of nitrogens with zero attached hydrogens (tertiary/aromatic N) is 1. The van der Waals surface area contributed by atoms with E-state index in [0.29, 0.717) is 0 Å². The highest BCUT2D eigenvalue weighted by atomic mass is 79.9. The van der Waals surface area contributed by atoms with Crippen LogP contribution in [0.1, 0.15) is 5.56 Å². The molecule has 0 aliphatic carbocycles. The summed E-state index contributed by atoms with van der Waals surface area (Å²) in [5, 5.41) is 3.69. The predicted octanol–water partition coefficient (Wildman–Crippen LogP) is 2.82. The van der Waals surface area contributed by atoms with Crippen LogP contribution in [0.3, 0.4) is 0 Å². The van der Waals surface area contributed by atoms with Gasteiger partial charge in [0.2, 0.25) is 0 Å². The minimum atomic E-state index is 1.05. The van der Waals surface area contributed by atoms with Crippen LogP contribution in [-0.2, 0) is 4.28 Å². The Kier molecular flexibility index (Phi) is 1.87. The fourth-order valence-electron chi connectivity index (χ4n) is 0.851. The Bertz CT molecular complexity index is 313.